The third-order valence-electron chi connectivity index (χ3n) is 4.96. The number of nitrogens with zero attached hydrogens (tertiary/aromatic N) is 1. The summed E-state index contributed by atoms with van der Waals surface area (Å²) in [5, 5.41) is 3.69. The molecule has 4 nitrogen and oxygen atoms in total. The number of hydrogen-bond donors (Lipinski definition) is 1. The van der Waals surface area contributed by atoms with E-state index in [4.69, 9.17) is 0 Å². The van der Waals surface area contributed by atoms with E-state index in [2.05, 4.69) is 37.9 Å². The zero-order valence-corrected chi connectivity index (χ0v) is 14.6. The minimum absolute atomic E-state index is 0.154. The quantitative estimate of drug-likeness (QED) is 0.780. The lowest BCUT2D eigenvalue weighted by molar-refractivity contribution is 0.0366. The lowest BCUT2D eigenvalue weighted by Gasteiger charge is -2.49. The van der Waals surface area contributed by atoms with E-state index in [1.807, 2.05) is 0 Å². The molecule has 0 bridgehead atoms. The van der Waals surface area contributed by atoms with Crippen LogP contribution in [-0.4, -0.2) is 56.5 Å². The molecule has 0 aromatic carbocycles. The van der Waals surface area contributed by atoms with E-state index in [9.17, 15) is 8.42 Å². The average molecular weight is 305 g/mol. The van der Waals surface area contributed by atoms with Crippen LogP contribution in [0.15, 0.2) is 0 Å². The summed E-state index contributed by atoms with van der Waals surface area (Å²) in [6.07, 6.45) is 4.33. The van der Waals surface area contributed by atoms with Gasteiger partial charge in [0.05, 0.1) is 5.75 Å². The maximum atomic E-state index is 11.3. The Bertz CT molecular complexity index is 397. The van der Waals surface area contributed by atoms with Gasteiger partial charge in [-0.15, -0.1) is 0 Å². The van der Waals surface area contributed by atoms with E-state index in [0.717, 1.165) is 32.5 Å². The molecule has 0 spiro atoms. The fourth-order valence-electron chi connectivity index (χ4n) is 2.88. The molecule has 1 fully saturated rings. The van der Waals surface area contributed by atoms with E-state index in [0.29, 0.717) is 17.7 Å². The molecule has 0 amide bonds. The molecular formula is C15H32N2O2S. The van der Waals surface area contributed by atoms with Crippen molar-refractivity contribution in [1.29, 1.82) is 0 Å². The second-order valence-corrected chi connectivity index (χ2v) is 8.91. The Morgan fingerprint density at radius 2 is 2.05 bits per heavy atom. The fraction of sp³-hybridized carbons (Fsp3) is 1.00. The molecule has 0 aromatic rings. The van der Waals surface area contributed by atoms with Crippen molar-refractivity contribution in [2.45, 2.75) is 58.5 Å². The molecule has 120 valence electrons. The Morgan fingerprint density at radius 3 is 2.55 bits per heavy atom. The summed E-state index contributed by atoms with van der Waals surface area (Å²) in [6, 6.07) is 0.526. The Hall–Kier alpha value is -0.130. The van der Waals surface area contributed by atoms with Crippen molar-refractivity contribution in [1.82, 2.24) is 10.2 Å². The second-order valence-electron chi connectivity index (χ2n) is 6.65. The highest BCUT2D eigenvalue weighted by molar-refractivity contribution is 7.90. The van der Waals surface area contributed by atoms with Crippen molar-refractivity contribution < 1.29 is 8.42 Å². The normalized spacial score (nSPS) is 30.4. The molecule has 1 heterocycles. The third kappa shape index (κ3) is 5.01. The number of rotatable bonds is 7. The van der Waals surface area contributed by atoms with Crippen molar-refractivity contribution in [3.8, 4) is 0 Å². The first-order chi connectivity index (χ1) is 9.22. The second kappa shape index (κ2) is 7.23. The molecule has 1 rings (SSSR count). The van der Waals surface area contributed by atoms with Crippen LogP contribution in [0.1, 0.15) is 47.0 Å². The van der Waals surface area contributed by atoms with Crippen LogP contribution in [0.5, 0.6) is 0 Å². The number of sulfone groups is 1. The van der Waals surface area contributed by atoms with Gasteiger partial charge < -0.3 is 5.32 Å². The third-order valence-corrected chi connectivity index (χ3v) is 5.99. The Morgan fingerprint density at radius 1 is 1.40 bits per heavy atom. The van der Waals surface area contributed by atoms with Crippen LogP contribution in [0, 0.1) is 5.92 Å². The summed E-state index contributed by atoms with van der Waals surface area (Å²) in [4.78, 5) is 2.51. The molecule has 0 aliphatic carbocycles. The van der Waals surface area contributed by atoms with Gasteiger partial charge in [-0.25, -0.2) is 8.42 Å². The SMILES string of the molecule is CCC(C)C1CN(CCCS(C)(=O)=O)C(C)(CC)CN1. The van der Waals surface area contributed by atoms with Crippen LogP contribution < -0.4 is 5.32 Å². The topological polar surface area (TPSA) is 49.4 Å². The van der Waals surface area contributed by atoms with Crippen LogP contribution in [0.3, 0.4) is 0 Å². The van der Waals surface area contributed by atoms with E-state index < -0.39 is 9.84 Å². The Kier molecular flexibility index (Phi) is 6.48. The molecule has 0 radical (unpaired) electrons. The predicted molar refractivity (Wildman–Crippen MR) is 85.8 cm³/mol. The summed E-state index contributed by atoms with van der Waals surface area (Å²) in [5.41, 5.74) is 0.154. The molecule has 20 heavy (non-hydrogen) atoms. The minimum Gasteiger partial charge on any atom is -0.311 e. The molecule has 1 N–H and O–H groups in total. The largest absolute Gasteiger partial charge is 0.311 e. The summed E-state index contributed by atoms with van der Waals surface area (Å²) < 4.78 is 22.6. The monoisotopic (exact) mass is 304 g/mol. The molecular weight excluding hydrogens is 272 g/mol. The number of piperazine rings is 1. The zero-order valence-electron chi connectivity index (χ0n) is 13.8. The first-order valence-electron chi connectivity index (χ1n) is 7.88. The minimum atomic E-state index is -2.85. The highest BCUT2D eigenvalue weighted by atomic mass is 32.2. The van der Waals surface area contributed by atoms with Crippen molar-refractivity contribution in [2.24, 2.45) is 5.92 Å². The van der Waals surface area contributed by atoms with E-state index in [1.54, 1.807) is 0 Å². The Labute approximate surface area is 125 Å². The van der Waals surface area contributed by atoms with Crippen molar-refractivity contribution in [3.63, 3.8) is 0 Å². The molecule has 0 saturated carbocycles. The maximum absolute atomic E-state index is 11.3. The van der Waals surface area contributed by atoms with Crippen molar-refractivity contribution in [3.05, 3.63) is 0 Å². The lowest BCUT2D eigenvalue weighted by Crippen LogP contribution is -2.64. The van der Waals surface area contributed by atoms with Gasteiger partial charge in [-0.3, -0.25) is 4.90 Å². The van der Waals surface area contributed by atoms with E-state index in [1.165, 1.54) is 12.7 Å². The molecule has 1 aliphatic rings. The number of nitrogens with one attached hydrogen (secondary N) is 1. The number of hydrogen-bond acceptors (Lipinski definition) is 4. The summed E-state index contributed by atoms with van der Waals surface area (Å²) in [7, 11) is -2.85. The van der Waals surface area contributed by atoms with E-state index in [-0.39, 0.29) is 5.54 Å². The van der Waals surface area contributed by atoms with Crippen molar-refractivity contribution in [2.75, 3.05) is 31.6 Å². The maximum Gasteiger partial charge on any atom is 0.147 e. The first-order valence-corrected chi connectivity index (χ1v) is 9.94. The lowest BCUT2D eigenvalue weighted by atomic mass is 9.88. The zero-order chi connectivity index (χ0) is 15.4. The smallest absolute Gasteiger partial charge is 0.147 e. The molecule has 0 aromatic heterocycles. The van der Waals surface area contributed by atoms with Gasteiger partial charge in [0.15, 0.2) is 0 Å². The van der Waals surface area contributed by atoms with Gasteiger partial charge in [-0.2, -0.15) is 0 Å². The summed E-state index contributed by atoms with van der Waals surface area (Å²) in [6.45, 7) is 11.9. The van der Waals surface area contributed by atoms with Crippen molar-refractivity contribution >= 4 is 9.84 Å². The van der Waals surface area contributed by atoms with Gasteiger partial charge in [-0.05, 0) is 32.2 Å². The van der Waals surface area contributed by atoms with E-state index >= 15 is 0 Å². The average Bonchev–Trinajstić information content (AvgIpc) is 2.38. The first kappa shape index (κ1) is 17.9. The standard InChI is InChI=1S/C15H32N2O2S/c1-6-13(3)14-11-17(9-8-10-20(5,18)19)15(4,7-2)12-16-14/h13-14,16H,6-12H2,1-5H3. The molecule has 1 saturated heterocycles. The van der Waals surface area contributed by atoms with Gasteiger partial charge in [0.2, 0.25) is 0 Å². The highest BCUT2D eigenvalue weighted by Gasteiger charge is 2.37. The predicted octanol–water partition coefficient (Wildman–Crippen LogP) is 1.91. The van der Waals surface area contributed by atoms with Gasteiger partial charge in [0.25, 0.3) is 0 Å². The van der Waals surface area contributed by atoms with Crippen LogP contribution in [0.2, 0.25) is 0 Å². The van der Waals surface area contributed by atoms with Gasteiger partial charge in [-0.1, -0.05) is 27.2 Å². The summed E-state index contributed by atoms with van der Waals surface area (Å²) in [5.74, 6) is 0.957. The van der Waals surface area contributed by atoms with Gasteiger partial charge in [0, 0.05) is 30.9 Å². The fourth-order valence-corrected chi connectivity index (χ4v) is 3.53. The molecule has 5 heteroatoms. The highest BCUT2D eigenvalue weighted by Crippen LogP contribution is 2.25. The van der Waals surface area contributed by atoms with Gasteiger partial charge in [0.1, 0.15) is 9.84 Å². The van der Waals surface area contributed by atoms with Crippen LogP contribution in [0.4, 0.5) is 0 Å². The van der Waals surface area contributed by atoms with Gasteiger partial charge >= 0.3 is 0 Å². The van der Waals surface area contributed by atoms with Crippen LogP contribution in [0.25, 0.3) is 0 Å². The Balaban J connectivity index is 2.64. The van der Waals surface area contributed by atoms with Crippen LogP contribution in [-0.2, 0) is 9.84 Å². The molecule has 3 atom stereocenters. The molecule has 3 unspecified atom stereocenters. The summed E-state index contributed by atoms with van der Waals surface area (Å²) >= 11 is 0. The molecule has 1 aliphatic heterocycles. The van der Waals surface area contributed by atoms with Crippen LogP contribution >= 0.6 is 0 Å².